The topological polar surface area (TPSA) is 26.0 Å². The van der Waals surface area contributed by atoms with Crippen molar-refractivity contribution in [2.24, 2.45) is 5.73 Å². The Hall–Kier alpha value is -1.38. The zero-order valence-electron chi connectivity index (χ0n) is 11.2. The second-order valence-electron chi connectivity index (χ2n) is 5.55. The predicted molar refractivity (Wildman–Crippen MR) is 80.6 cm³/mol. The van der Waals surface area contributed by atoms with Gasteiger partial charge in [0.05, 0.1) is 0 Å². The van der Waals surface area contributed by atoms with Crippen molar-refractivity contribution in [2.45, 2.75) is 24.7 Å². The molecule has 1 unspecified atom stereocenters. The highest BCUT2D eigenvalue weighted by Gasteiger charge is 2.37. The van der Waals surface area contributed by atoms with Crippen LogP contribution in [0.4, 0.5) is 4.39 Å². The van der Waals surface area contributed by atoms with Gasteiger partial charge in [0.1, 0.15) is 5.82 Å². The van der Waals surface area contributed by atoms with Gasteiger partial charge in [0.15, 0.2) is 0 Å². The third-order valence-corrected chi connectivity index (χ3v) is 4.62. The lowest BCUT2D eigenvalue weighted by Crippen LogP contribution is -2.35. The summed E-state index contributed by atoms with van der Waals surface area (Å²) < 4.78 is 14.0. The summed E-state index contributed by atoms with van der Waals surface area (Å²) in [6, 6.07) is 13.1. The molecule has 2 aromatic carbocycles. The van der Waals surface area contributed by atoms with Crippen LogP contribution in [0, 0.1) is 5.82 Å². The Bertz CT molecular complexity index is 641. The van der Waals surface area contributed by atoms with Crippen molar-refractivity contribution in [3.05, 3.63) is 70.0 Å². The molecule has 2 aromatic rings. The molecule has 2 N–H and O–H groups in total. The van der Waals surface area contributed by atoms with E-state index in [1.807, 2.05) is 12.1 Å². The van der Waals surface area contributed by atoms with Crippen LogP contribution < -0.4 is 5.73 Å². The molecule has 20 heavy (non-hydrogen) atoms. The Balaban J connectivity index is 2.02. The van der Waals surface area contributed by atoms with Gasteiger partial charge in [-0.1, -0.05) is 35.9 Å². The van der Waals surface area contributed by atoms with Gasteiger partial charge in [-0.15, -0.1) is 0 Å². The smallest absolute Gasteiger partial charge is 0.126 e. The van der Waals surface area contributed by atoms with E-state index in [9.17, 15) is 4.39 Å². The van der Waals surface area contributed by atoms with Crippen molar-refractivity contribution in [2.75, 3.05) is 6.54 Å². The Morgan fingerprint density at radius 1 is 1.20 bits per heavy atom. The third-order valence-electron chi connectivity index (χ3n) is 4.39. The summed E-state index contributed by atoms with van der Waals surface area (Å²) in [4.78, 5) is 0. The monoisotopic (exact) mass is 289 g/mol. The zero-order valence-corrected chi connectivity index (χ0v) is 12.0. The fourth-order valence-corrected chi connectivity index (χ4v) is 3.47. The molecule has 0 fully saturated rings. The molecule has 0 amide bonds. The van der Waals surface area contributed by atoms with Crippen molar-refractivity contribution in [3.63, 3.8) is 0 Å². The van der Waals surface area contributed by atoms with Gasteiger partial charge in [-0.3, -0.25) is 0 Å². The molecule has 1 atom stereocenters. The minimum absolute atomic E-state index is 0.165. The molecule has 0 bridgehead atoms. The van der Waals surface area contributed by atoms with Crippen LogP contribution >= 0.6 is 11.6 Å². The highest BCUT2D eigenvalue weighted by atomic mass is 35.5. The van der Waals surface area contributed by atoms with E-state index in [2.05, 4.69) is 12.1 Å². The fourth-order valence-electron chi connectivity index (χ4n) is 3.28. The number of benzene rings is 2. The van der Waals surface area contributed by atoms with Crippen molar-refractivity contribution in [1.29, 1.82) is 0 Å². The first-order valence-corrected chi connectivity index (χ1v) is 7.25. The first-order chi connectivity index (χ1) is 9.64. The van der Waals surface area contributed by atoms with Crippen LogP contribution in [-0.4, -0.2) is 6.54 Å². The lowest BCUT2D eigenvalue weighted by atomic mass is 9.76. The molecule has 0 aliphatic heterocycles. The lowest BCUT2D eigenvalue weighted by molar-refractivity contribution is 0.423. The Kier molecular flexibility index (Phi) is 3.53. The molecule has 0 aromatic heterocycles. The fraction of sp³-hybridized carbons (Fsp3) is 0.294. The summed E-state index contributed by atoms with van der Waals surface area (Å²) in [5, 5.41) is 0.569. The number of rotatable bonds is 3. The SMILES string of the molecule is NCC1(Cc2cc(Cl)ccc2F)CCc2ccccc21. The van der Waals surface area contributed by atoms with Crippen LogP contribution in [0.15, 0.2) is 42.5 Å². The maximum atomic E-state index is 14.0. The van der Waals surface area contributed by atoms with Gasteiger partial charge in [-0.25, -0.2) is 4.39 Å². The van der Waals surface area contributed by atoms with Gasteiger partial charge in [0.2, 0.25) is 0 Å². The van der Waals surface area contributed by atoms with E-state index in [0.717, 1.165) is 12.8 Å². The van der Waals surface area contributed by atoms with Crippen LogP contribution in [0.3, 0.4) is 0 Å². The van der Waals surface area contributed by atoms with E-state index in [1.54, 1.807) is 12.1 Å². The number of fused-ring (bicyclic) bond motifs is 1. The molecule has 0 saturated heterocycles. The number of hydrogen-bond acceptors (Lipinski definition) is 1. The molecule has 0 heterocycles. The Morgan fingerprint density at radius 2 is 2.00 bits per heavy atom. The molecule has 104 valence electrons. The molecule has 0 saturated carbocycles. The van der Waals surface area contributed by atoms with Crippen molar-refractivity contribution >= 4 is 11.6 Å². The van der Waals surface area contributed by atoms with E-state index in [0.29, 0.717) is 23.6 Å². The van der Waals surface area contributed by atoms with E-state index in [-0.39, 0.29) is 11.2 Å². The average Bonchev–Trinajstić information content (AvgIpc) is 2.83. The summed E-state index contributed by atoms with van der Waals surface area (Å²) in [5.74, 6) is -0.202. The second-order valence-corrected chi connectivity index (χ2v) is 5.99. The zero-order chi connectivity index (χ0) is 14.2. The molecular formula is C17H17ClFN. The highest BCUT2D eigenvalue weighted by molar-refractivity contribution is 6.30. The summed E-state index contributed by atoms with van der Waals surface area (Å²) >= 11 is 5.99. The van der Waals surface area contributed by atoms with Gasteiger partial charge >= 0.3 is 0 Å². The molecule has 1 aliphatic rings. The number of halogens is 2. The van der Waals surface area contributed by atoms with Crippen LogP contribution in [0.1, 0.15) is 23.1 Å². The van der Waals surface area contributed by atoms with E-state index in [4.69, 9.17) is 17.3 Å². The molecule has 0 spiro atoms. The highest BCUT2D eigenvalue weighted by Crippen LogP contribution is 2.41. The van der Waals surface area contributed by atoms with Crippen LogP contribution in [0.2, 0.25) is 5.02 Å². The van der Waals surface area contributed by atoms with Crippen molar-refractivity contribution in [3.8, 4) is 0 Å². The van der Waals surface area contributed by atoms with Gasteiger partial charge in [0.25, 0.3) is 0 Å². The number of nitrogens with two attached hydrogens (primary N) is 1. The maximum absolute atomic E-state index is 14.0. The molecule has 1 aliphatic carbocycles. The van der Waals surface area contributed by atoms with E-state index < -0.39 is 0 Å². The molecule has 0 radical (unpaired) electrons. The number of hydrogen-bond donors (Lipinski definition) is 1. The maximum Gasteiger partial charge on any atom is 0.126 e. The van der Waals surface area contributed by atoms with E-state index >= 15 is 0 Å². The number of aryl methyl sites for hydroxylation is 1. The summed E-state index contributed by atoms with van der Waals surface area (Å²) in [7, 11) is 0. The van der Waals surface area contributed by atoms with Crippen LogP contribution in [0.5, 0.6) is 0 Å². The molecule has 3 rings (SSSR count). The quantitative estimate of drug-likeness (QED) is 0.912. The summed E-state index contributed by atoms with van der Waals surface area (Å²) in [6.07, 6.45) is 2.58. The van der Waals surface area contributed by atoms with Crippen LogP contribution in [-0.2, 0) is 18.3 Å². The largest absolute Gasteiger partial charge is 0.330 e. The predicted octanol–water partition coefficient (Wildman–Crippen LogP) is 3.86. The lowest BCUT2D eigenvalue weighted by Gasteiger charge is -2.29. The Morgan fingerprint density at radius 3 is 2.80 bits per heavy atom. The van der Waals surface area contributed by atoms with E-state index in [1.165, 1.54) is 17.2 Å². The van der Waals surface area contributed by atoms with Gasteiger partial charge in [-0.05, 0) is 54.2 Å². The first kappa shape index (κ1) is 13.6. The second kappa shape index (κ2) is 5.19. The first-order valence-electron chi connectivity index (χ1n) is 6.87. The molecule has 3 heteroatoms. The van der Waals surface area contributed by atoms with Gasteiger partial charge in [-0.2, -0.15) is 0 Å². The summed E-state index contributed by atoms with van der Waals surface area (Å²) in [6.45, 7) is 0.524. The average molecular weight is 290 g/mol. The minimum Gasteiger partial charge on any atom is -0.330 e. The molecular weight excluding hydrogens is 273 g/mol. The standard InChI is InChI=1S/C17H17ClFN/c18-14-5-6-16(19)13(9-14)10-17(11-20)8-7-12-3-1-2-4-15(12)17/h1-6,9H,7-8,10-11,20H2. The molecule has 1 nitrogen and oxygen atoms in total. The summed E-state index contributed by atoms with van der Waals surface area (Å²) in [5.41, 5.74) is 9.15. The normalized spacial score (nSPS) is 20.9. The van der Waals surface area contributed by atoms with Crippen LogP contribution in [0.25, 0.3) is 0 Å². The van der Waals surface area contributed by atoms with Crippen molar-refractivity contribution < 1.29 is 4.39 Å². The third kappa shape index (κ3) is 2.23. The van der Waals surface area contributed by atoms with Gasteiger partial charge in [0, 0.05) is 17.0 Å². The van der Waals surface area contributed by atoms with Crippen molar-refractivity contribution in [1.82, 2.24) is 0 Å². The Labute approximate surface area is 123 Å². The minimum atomic E-state index is -0.202. The van der Waals surface area contributed by atoms with Gasteiger partial charge < -0.3 is 5.73 Å².